The first-order valence-electron chi connectivity index (χ1n) is 10.9. The molecule has 3 aromatic carbocycles. The maximum absolute atomic E-state index is 6.11. The minimum atomic E-state index is 0. The standard InChI is InChI=1S/C27H25N5O.Pt/c1-19-27(22-10-6-5-7-11-22)20(2)32(28-19)24-13-9-15-26(17-24)33-25-14-8-12-23(16-25)31-18-30(4)21(3)29-31;/h5-15,18,20H,1-4H3;/q-2;. The molecule has 7 heteroatoms. The average molecular weight is 631 g/mol. The molecule has 1 atom stereocenters. The first-order chi connectivity index (χ1) is 16.0. The number of allylic oxidation sites excluding steroid dienone is 1. The molecule has 2 aliphatic rings. The van der Waals surface area contributed by atoms with Crippen LogP contribution in [0.4, 0.5) is 11.4 Å². The third-order valence-electron chi connectivity index (χ3n) is 5.78. The van der Waals surface area contributed by atoms with E-state index < -0.39 is 0 Å². The number of anilines is 1. The van der Waals surface area contributed by atoms with E-state index in [4.69, 9.17) is 9.85 Å². The van der Waals surface area contributed by atoms with Gasteiger partial charge in [0.25, 0.3) is 0 Å². The number of hydrogen-bond donors (Lipinski definition) is 0. The maximum atomic E-state index is 6.11. The number of nitrogens with zero attached hydrogens (tertiary/aromatic N) is 5. The van der Waals surface area contributed by atoms with Gasteiger partial charge >= 0.3 is 0 Å². The fraction of sp³-hybridized carbons (Fsp3) is 0.185. The van der Waals surface area contributed by atoms with Crippen molar-refractivity contribution < 1.29 is 30.5 Å². The number of hydrogen-bond acceptors (Lipinski definition) is 5. The normalized spacial score (nSPS) is 17.5. The van der Waals surface area contributed by atoms with Gasteiger partial charge in [0.2, 0.25) is 6.04 Å². The number of benzene rings is 3. The van der Waals surface area contributed by atoms with Crippen molar-refractivity contribution in [2.24, 2.45) is 10.2 Å². The molecule has 5 rings (SSSR count). The van der Waals surface area contributed by atoms with Crippen LogP contribution in [0, 0.1) is 18.8 Å². The average Bonchev–Trinajstić information content (AvgIpc) is 3.32. The topological polar surface area (TPSA) is 43.4 Å². The predicted molar refractivity (Wildman–Crippen MR) is 129 cm³/mol. The summed E-state index contributed by atoms with van der Waals surface area (Å²) in [4.78, 5) is 1.96. The van der Waals surface area contributed by atoms with Gasteiger partial charge in [0.05, 0.1) is 11.4 Å². The van der Waals surface area contributed by atoms with Crippen molar-refractivity contribution in [1.82, 2.24) is 4.90 Å². The Labute approximate surface area is 215 Å². The van der Waals surface area contributed by atoms with Gasteiger partial charge in [0, 0.05) is 39.5 Å². The predicted octanol–water partition coefficient (Wildman–Crippen LogP) is 6.21. The van der Waals surface area contributed by atoms with Crippen LogP contribution in [0.5, 0.6) is 11.5 Å². The second-order valence-electron chi connectivity index (χ2n) is 8.11. The molecule has 3 aromatic rings. The Morgan fingerprint density at radius 1 is 0.941 bits per heavy atom. The summed E-state index contributed by atoms with van der Waals surface area (Å²) in [7, 11) is 1.96. The van der Waals surface area contributed by atoms with E-state index in [1.807, 2.05) is 72.7 Å². The van der Waals surface area contributed by atoms with Gasteiger partial charge in [0.15, 0.2) is 0 Å². The van der Waals surface area contributed by atoms with Gasteiger partial charge in [-0.1, -0.05) is 48.2 Å². The quantitative estimate of drug-likeness (QED) is 0.249. The summed E-state index contributed by atoms with van der Waals surface area (Å²) >= 11 is 0. The van der Waals surface area contributed by atoms with Crippen LogP contribution in [-0.4, -0.2) is 28.5 Å². The summed E-state index contributed by atoms with van der Waals surface area (Å²) < 4.78 is 8.11. The van der Waals surface area contributed by atoms with Crippen LogP contribution in [-0.2, 0) is 21.1 Å². The summed E-state index contributed by atoms with van der Waals surface area (Å²) in [5.41, 5.74) is 5.09. The molecule has 0 saturated carbocycles. The van der Waals surface area contributed by atoms with Crippen molar-refractivity contribution in [2.75, 3.05) is 12.1 Å². The van der Waals surface area contributed by atoms with E-state index in [1.165, 1.54) is 11.1 Å². The second-order valence-corrected chi connectivity index (χ2v) is 8.11. The number of hydrazone groups is 1. The van der Waals surface area contributed by atoms with E-state index in [0.717, 1.165) is 22.9 Å². The monoisotopic (exact) mass is 630 g/mol. The molecule has 0 N–H and O–H groups in total. The molecule has 0 amide bonds. The van der Waals surface area contributed by atoms with Crippen LogP contribution in [0.1, 0.15) is 26.3 Å². The summed E-state index contributed by atoms with van der Waals surface area (Å²) in [6.07, 6.45) is 0. The molecular weight excluding hydrogens is 605 g/mol. The first kappa shape index (κ1) is 23.9. The molecule has 0 fully saturated rings. The van der Waals surface area contributed by atoms with Gasteiger partial charge in [-0.25, -0.2) is 0 Å². The van der Waals surface area contributed by atoms with E-state index in [2.05, 4.69) is 55.3 Å². The Morgan fingerprint density at radius 3 is 2.35 bits per heavy atom. The van der Waals surface area contributed by atoms with Crippen molar-refractivity contribution in [3.8, 4) is 11.5 Å². The third kappa shape index (κ3) is 4.69. The van der Waals surface area contributed by atoms with E-state index in [9.17, 15) is 0 Å². The first-order valence-corrected chi connectivity index (χ1v) is 10.9. The molecule has 0 saturated heterocycles. The number of azo groups is 2. The van der Waals surface area contributed by atoms with Crippen LogP contribution >= 0.6 is 0 Å². The summed E-state index contributed by atoms with van der Waals surface area (Å²) in [6, 6.07) is 28.7. The van der Waals surface area contributed by atoms with Crippen LogP contribution in [0.2, 0.25) is 0 Å². The van der Waals surface area contributed by atoms with Crippen molar-refractivity contribution >= 4 is 22.8 Å². The fourth-order valence-electron chi connectivity index (χ4n) is 4.05. The van der Waals surface area contributed by atoms with E-state index in [-0.39, 0.29) is 27.1 Å². The minimum Gasteiger partial charge on any atom is -0.509 e. The molecule has 2 aliphatic heterocycles. The SMILES string of the molecule is CC1=NN(c2[c-]c(Oc3[c-]c([N+]4=NC(C)=C(c5ccccc5)C4C)ccc3)ccc2)[CH-]N1C.[Pt]. The Kier molecular flexibility index (Phi) is 6.99. The molecular formula is C27H25N5OPt-2. The summed E-state index contributed by atoms with van der Waals surface area (Å²) in [5, 5.41) is 11.1. The van der Waals surface area contributed by atoms with E-state index >= 15 is 0 Å². The Bertz CT molecular complexity index is 1280. The van der Waals surface area contributed by atoms with Crippen LogP contribution in [0.25, 0.3) is 5.57 Å². The molecule has 0 spiro atoms. The zero-order chi connectivity index (χ0) is 22.9. The van der Waals surface area contributed by atoms with Crippen molar-refractivity contribution in [2.45, 2.75) is 26.8 Å². The maximum Gasteiger partial charge on any atom is 0.207 e. The van der Waals surface area contributed by atoms with E-state index in [0.29, 0.717) is 11.5 Å². The van der Waals surface area contributed by atoms with E-state index in [1.54, 1.807) is 5.01 Å². The number of ether oxygens (including phenoxy) is 1. The Morgan fingerprint density at radius 2 is 1.65 bits per heavy atom. The summed E-state index contributed by atoms with van der Waals surface area (Å²) in [6.45, 7) is 8.08. The zero-order valence-corrected chi connectivity index (χ0v) is 21.7. The third-order valence-corrected chi connectivity index (χ3v) is 5.78. The van der Waals surface area contributed by atoms with Gasteiger partial charge in [0.1, 0.15) is 11.4 Å². The molecule has 2 heterocycles. The van der Waals surface area contributed by atoms with Gasteiger partial charge < -0.3 is 14.6 Å². The van der Waals surface area contributed by atoms with Crippen molar-refractivity contribution in [1.29, 1.82) is 0 Å². The molecule has 1 unspecified atom stereocenters. The van der Waals surface area contributed by atoms with Gasteiger partial charge in [-0.3, -0.25) is 0 Å². The van der Waals surface area contributed by atoms with Crippen molar-refractivity contribution in [3.05, 3.63) is 96.8 Å². The zero-order valence-electron chi connectivity index (χ0n) is 19.5. The molecule has 6 nitrogen and oxygen atoms in total. The number of rotatable bonds is 5. The Hall–Kier alpha value is -3.24. The molecule has 0 aromatic heterocycles. The second kappa shape index (κ2) is 9.94. The Balaban J connectivity index is 0.00000274. The van der Waals surface area contributed by atoms with Crippen LogP contribution < -0.4 is 9.75 Å². The molecule has 0 bridgehead atoms. The largest absolute Gasteiger partial charge is 0.509 e. The molecule has 0 aliphatic carbocycles. The smallest absolute Gasteiger partial charge is 0.207 e. The molecule has 0 radical (unpaired) electrons. The number of amidine groups is 1. The van der Waals surface area contributed by atoms with Gasteiger partial charge in [-0.15, -0.1) is 35.6 Å². The minimum absolute atomic E-state index is 0. The fourth-order valence-corrected chi connectivity index (χ4v) is 4.05. The van der Waals surface area contributed by atoms with Crippen LogP contribution in [0.15, 0.2) is 82.6 Å². The van der Waals surface area contributed by atoms with Gasteiger partial charge in [-0.05, 0) is 31.6 Å². The summed E-state index contributed by atoms with van der Waals surface area (Å²) in [5.74, 6) is 2.12. The molecule has 34 heavy (non-hydrogen) atoms. The van der Waals surface area contributed by atoms with Crippen LogP contribution in [0.3, 0.4) is 0 Å². The van der Waals surface area contributed by atoms with Gasteiger partial charge in [-0.2, -0.15) is 17.2 Å². The van der Waals surface area contributed by atoms with Crippen molar-refractivity contribution in [3.63, 3.8) is 0 Å². The molecule has 176 valence electrons.